The summed E-state index contributed by atoms with van der Waals surface area (Å²) in [6.45, 7) is -0.146. The maximum absolute atomic E-state index is 11.7. The molecule has 7 nitrogen and oxygen atoms in total. The topological polar surface area (TPSA) is 113 Å². The van der Waals surface area contributed by atoms with Gasteiger partial charge in [0.1, 0.15) is 0 Å². The third-order valence-electron chi connectivity index (χ3n) is 2.10. The molecule has 3 N–H and O–H groups in total. The molecule has 0 bridgehead atoms. The number of hydrogen-bond donors (Lipinski definition) is 3. The first-order valence-electron chi connectivity index (χ1n) is 5.50. The first-order chi connectivity index (χ1) is 8.79. The van der Waals surface area contributed by atoms with Crippen LogP contribution < -0.4 is 4.72 Å². The van der Waals surface area contributed by atoms with Gasteiger partial charge >= 0.3 is 7.82 Å². The van der Waals surface area contributed by atoms with Gasteiger partial charge in [-0.25, -0.2) is 17.7 Å². The van der Waals surface area contributed by atoms with Gasteiger partial charge in [0.15, 0.2) is 0 Å². The van der Waals surface area contributed by atoms with Crippen LogP contribution in [0.2, 0.25) is 0 Å². The van der Waals surface area contributed by atoms with E-state index in [1.165, 1.54) is 0 Å². The van der Waals surface area contributed by atoms with Crippen molar-refractivity contribution in [1.82, 2.24) is 4.72 Å². The Labute approximate surface area is 111 Å². The Hall–Kier alpha value is -0.760. The van der Waals surface area contributed by atoms with Crippen molar-refractivity contribution in [2.45, 2.75) is 12.2 Å². The smallest absolute Gasteiger partial charge is 0.303 e. The summed E-state index contributed by atoms with van der Waals surface area (Å²) in [6, 6.07) is 8.70. The fourth-order valence-corrected chi connectivity index (χ4v) is 2.88. The molecule has 0 aliphatic carbocycles. The molecule has 9 heteroatoms. The second-order valence-electron chi connectivity index (χ2n) is 3.82. The highest BCUT2D eigenvalue weighted by molar-refractivity contribution is 7.88. The predicted molar refractivity (Wildman–Crippen MR) is 69.7 cm³/mol. The summed E-state index contributed by atoms with van der Waals surface area (Å²) < 4.78 is 40.2. The van der Waals surface area contributed by atoms with Crippen LogP contribution in [-0.4, -0.2) is 31.4 Å². The number of nitrogens with one attached hydrogen (secondary N) is 1. The van der Waals surface area contributed by atoms with E-state index in [4.69, 9.17) is 9.79 Å². The number of phosphoric acid groups is 1. The lowest BCUT2D eigenvalue weighted by Crippen LogP contribution is -2.26. The van der Waals surface area contributed by atoms with Crippen LogP contribution >= 0.6 is 7.82 Å². The summed E-state index contributed by atoms with van der Waals surface area (Å²) in [5.74, 6) is -0.132. The highest BCUT2D eigenvalue weighted by Gasteiger charge is 2.14. The Morgan fingerprint density at radius 1 is 1.21 bits per heavy atom. The Kier molecular flexibility index (Phi) is 6.12. The van der Waals surface area contributed by atoms with Crippen LogP contribution in [0.25, 0.3) is 0 Å². The molecule has 0 atom stereocenters. The van der Waals surface area contributed by atoms with E-state index in [2.05, 4.69) is 9.25 Å². The van der Waals surface area contributed by atoms with Gasteiger partial charge in [0.25, 0.3) is 0 Å². The molecule has 0 amide bonds. The standard InChI is InChI=1S/C10H16NO6PS/c12-18(13,14)17-8-4-7-11-19(15,16)9-10-5-2-1-3-6-10/h1-3,5-6,11H,4,7-9H2,(H2,12,13,14). The molecule has 1 rings (SSSR count). The minimum atomic E-state index is -4.48. The first kappa shape index (κ1) is 16.3. The molecule has 0 aliphatic heterocycles. The molecular formula is C10H16NO6PS. The van der Waals surface area contributed by atoms with Crippen molar-refractivity contribution >= 4 is 17.8 Å². The quantitative estimate of drug-likeness (QED) is 0.479. The SMILES string of the molecule is O=P(O)(O)OCCCNS(=O)(=O)Cc1ccccc1. The van der Waals surface area contributed by atoms with Gasteiger partial charge < -0.3 is 9.79 Å². The molecule has 0 fully saturated rings. The van der Waals surface area contributed by atoms with Gasteiger partial charge in [-0.2, -0.15) is 0 Å². The van der Waals surface area contributed by atoms with Crippen LogP contribution in [0.3, 0.4) is 0 Å². The van der Waals surface area contributed by atoms with Gasteiger partial charge in [0, 0.05) is 6.54 Å². The normalized spacial score (nSPS) is 12.5. The van der Waals surface area contributed by atoms with Crippen LogP contribution in [0.15, 0.2) is 30.3 Å². The zero-order chi connectivity index (χ0) is 14.4. The van der Waals surface area contributed by atoms with Crippen molar-refractivity contribution < 1.29 is 27.3 Å². The van der Waals surface area contributed by atoms with Crippen molar-refractivity contribution in [1.29, 1.82) is 0 Å². The molecule has 19 heavy (non-hydrogen) atoms. The molecular weight excluding hydrogens is 293 g/mol. The molecule has 1 aromatic rings. The Morgan fingerprint density at radius 2 is 1.84 bits per heavy atom. The van der Waals surface area contributed by atoms with E-state index in [0.717, 1.165) is 0 Å². The molecule has 0 aromatic heterocycles. The molecule has 0 radical (unpaired) electrons. The highest BCUT2D eigenvalue weighted by atomic mass is 32.2. The Bertz CT molecular complexity index is 526. The number of phosphoric ester groups is 1. The molecule has 1 aromatic carbocycles. The fraction of sp³-hybridized carbons (Fsp3) is 0.400. The lowest BCUT2D eigenvalue weighted by Gasteiger charge is -2.07. The number of rotatable bonds is 8. The van der Waals surface area contributed by atoms with Gasteiger partial charge in [-0.15, -0.1) is 0 Å². The van der Waals surface area contributed by atoms with Crippen molar-refractivity contribution in [2.24, 2.45) is 0 Å². The van der Waals surface area contributed by atoms with Gasteiger partial charge in [-0.05, 0) is 12.0 Å². The van der Waals surface area contributed by atoms with E-state index in [-0.39, 0.29) is 25.3 Å². The Morgan fingerprint density at radius 3 is 2.42 bits per heavy atom. The van der Waals surface area contributed by atoms with Crippen molar-refractivity contribution in [3.8, 4) is 0 Å². The van der Waals surface area contributed by atoms with Gasteiger partial charge in [-0.3, -0.25) is 4.52 Å². The minimum Gasteiger partial charge on any atom is -0.303 e. The number of sulfonamides is 1. The average molecular weight is 309 g/mol. The van der Waals surface area contributed by atoms with Gasteiger partial charge in [0.05, 0.1) is 12.4 Å². The monoisotopic (exact) mass is 309 g/mol. The van der Waals surface area contributed by atoms with Gasteiger partial charge in [0.2, 0.25) is 10.0 Å². The minimum absolute atomic E-state index is 0.0646. The average Bonchev–Trinajstić information content (AvgIpc) is 2.27. The van der Waals surface area contributed by atoms with E-state index in [1.807, 2.05) is 0 Å². The van der Waals surface area contributed by atoms with Crippen LogP contribution in [0.1, 0.15) is 12.0 Å². The molecule has 108 valence electrons. The van der Waals surface area contributed by atoms with Crippen LogP contribution in [0, 0.1) is 0 Å². The van der Waals surface area contributed by atoms with Crippen LogP contribution in [-0.2, 0) is 24.9 Å². The molecule has 0 saturated carbocycles. The zero-order valence-electron chi connectivity index (χ0n) is 10.1. The van der Waals surface area contributed by atoms with Crippen LogP contribution in [0.4, 0.5) is 0 Å². The van der Waals surface area contributed by atoms with E-state index in [1.54, 1.807) is 30.3 Å². The summed E-state index contributed by atoms with van der Waals surface area (Å²) in [7, 11) is -7.93. The van der Waals surface area contributed by atoms with Crippen molar-refractivity contribution in [2.75, 3.05) is 13.2 Å². The lowest BCUT2D eigenvalue weighted by atomic mass is 10.2. The number of hydrogen-bond acceptors (Lipinski definition) is 4. The first-order valence-corrected chi connectivity index (χ1v) is 8.68. The zero-order valence-corrected chi connectivity index (χ0v) is 11.8. The summed E-state index contributed by atoms with van der Waals surface area (Å²) >= 11 is 0. The maximum atomic E-state index is 11.7. The molecule has 0 aliphatic rings. The van der Waals surface area contributed by atoms with E-state index in [0.29, 0.717) is 5.56 Å². The molecule has 0 unspecified atom stereocenters. The summed E-state index contributed by atoms with van der Waals surface area (Å²) in [5, 5.41) is 0. The second-order valence-corrected chi connectivity index (χ2v) is 6.86. The maximum Gasteiger partial charge on any atom is 0.469 e. The molecule has 0 spiro atoms. The second kappa shape index (κ2) is 7.14. The van der Waals surface area contributed by atoms with E-state index >= 15 is 0 Å². The largest absolute Gasteiger partial charge is 0.469 e. The van der Waals surface area contributed by atoms with Crippen molar-refractivity contribution in [3.63, 3.8) is 0 Å². The third kappa shape index (κ3) is 8.10. The highest BCUT2D eigenvalue weighted by Crippen LogP contribution is 2.35. The van der Waals surface area contributed by atoms with E-state index < -0.39 is 17.8 Å². The summed E-state index contributed by atoms with van der Waals surface area (Å²) in [5.41, 5.74) is 0.668. The molecule has 0 saturated heterocycles. The van der Waals surface area contributed by atoms with Gasteiger partial charge in [-0.1, -0.05) is 30.3 Å². The fourth-order valence-electron chi connectivity index (χ4n) is 1.33. The molecule has 0 heterocycles. The van der Waals surface area contributed by atoms with E-state index in [9.17, 15) is 13.0 Å². The van der Waals surface area contributed by atoms with Crippen molar-refractivity contribution in [3.05, 3.63) is 35.9 Å². The predicted octanol–water partition coefficient (Wildman–Crippen LogP) is 0.605. The summed E-state index contributed by atoms with van der Waals surface area (Å²) in [4.78, 5) is 16.8. The van der Waals surface area contributed by atoms with Crippen LogP contribution in [0.5, 0.6) is 0 Å². The summed E-state index contributed by atoms with van der Waals surface area (Å²) in [6.07, 6.45) is 0.180. The number of benzene rings is 1. The third-order valence-corrected chi connectivity index (χ3v) is 3.98. The Balaban J connectivity index is 2.30. The lowest BCUT2D eigenvalue weighted by molar-refractivity contribution is 0.195.